The SMILES string of the molecule is COCCNC(=O)CNCC(O)CC(=O)O. The van der Waals surface area contributed by atoms with Crippen molar-refractivity contribution in [2.24, 2.45) is 0 Å². The zero-order valence-electron chi connectivity index (χ0n) is 9.23. The standard InChI is InChI=1S/C9H18N2O5/c1-16-3-2-11-8(13)6-10-5-7(12)4-9(14)15/h7,10,12H,2-6H2,1H3,(H,11,13)(H,14,15). The fourth-order valence-corrected chi connectivity index (χ4v) is 0.981. The highest BCUT2D eigenvalue weighted by Crippen LogP contribution is 1.88. The second-order valence-corrected chi connectivity index (χ2v) is 3.23. The summed E-state index contributed by atoms with van der Waals surface area (Å²) in [4.78, 5) is 21.3. The number of hydrogen-bond acceptors (Lipinski definition) is 5. The Labute approximate surface area is 93.8 Å². The van der Waals surface area contributed by atoms with E-state index in [1.807, 2.05) is 0 Å². The third kappa shape index (κ3) is 9.38. The van der Waals surface area contributed by atoms with Gasteiger partial charge in [-0.25, -0.2) is 0 Å². The number of hydrogen-bond donors (Lipinski definition) is 4. The minimum absolute atomic E-state index is 0.0421. The van der Waals surface area contributed by atoms with Gasteiger partial charge in [-0.3, -0.25) is 9.59 Å². The van der Waals surface area contributed by atoms with Gasteiger partial charge in [-0.05, 0) is 0 Å². The van der Waals surface area contributed by atoms with E-state index < -0.39 is 12.1 Å². The molecule has 0 fully saturated rings. The summed E-state index contributed by atoms with van der Waals surface area (Å²) in [5, 5.41) is 22.7. The summed E-state index contributed by atoms with van der Waals surface area (Å²) in [7, 11) is 1.53. The molecule has 0 bridgehead atoms. The third-order valence-corrected chi connectivity index (χ3v) is 1.70. The highest BCUT2D eigenvalue weighted by Gasteiger charge is 2.09. The van der Waals surface area contributed by atoms with Crippen molar-refractivity contribution in [3.05, 3.63) is 0 Å². The van der Waals surface area contributed by atoms with E-state index in [-0.39, 0.29) is 25.4 Å². The van der Waals surface area contributed by atoms with Crippen molar-refractivity contribution in [3.63, 3.8) is 0 Å². The van der Waals surface area contributed by atoms with Gasteiger partial charge in [-0.1, -0.05) is 0 Å². The second kappa shape index (κ2) is 9.08. The number of methoxy groups -OCH3 is 1. The predicted molar refractivity (Wildman–Crippen MR) is 56.0 cm³/mol. The maximum atomic E-state index is 11.1. The van der Waals surface area contributed by atoms with Gasteiger partial charge >= 0.3 is 5.97 Å². The number of carboxylic acid groups (broad SMARTS) is 1. The first kappa shape index (κ1) is 14.8. The van der Waals surface area contributed by atoms with E-state index in [1.165, 1.54) is 7.11 Å². The summed E-state index contributed by atoms with van der Waals surface area (Å²) in [5.74, 6) is -1.29. The van der Waals surface area contributed by atoms with E-state index in [0.717, 1.165) is 0 Å². The number of amides is 1. The van der Waals surface area contributed by atoms with Crippen molar-refractivity contribution >= 4 is 11.9 Å². The molecule has 0 aliphatic rings. The topological polar surface area (TPSA) is 108 Å². The van der Waals surface area contributed by atoms with Crippen molar-refractivity contribution in [3.8, 4) is 0 Å². The Bertz CT molecular complexity index is 222. The fraction of sp³-hybridized carbons (Fsp3) is 0.778. The Kier molecular flexibility index (Phi) is 8.41. The molecule has 0 aromatic carbocycles. The molecule has 0 aromatic rings. The van der Waals surface area contributed by atoms with Crippen molar-refractivity contribution in [1.29, 1.82) is 0 Å². The summed E-state index contributed by atoms with van der Waals surface area (Å²) in [5.41, 5.74) is 0. The van der Waals surface area contributed by atoms with Gasteiger partial charge in [0.05, 0.1) is 25.7 Å². The van der Waals surface area contributed by atoms with Crippen LogP contribution < -0.4 is 10.6 Å². The number of ether oxygens (including phenoxy) is 1. The number of carboxylic acids is 1. The van der Waals surface area contributed by atoms with Gasteiger partial charge in [0.25, 0.3) is 0 Å². The van der Waals surface area contributed by atoms with Gasteiger partial charge in [0, 0.05) is 20.2 Å². The Morgan fingerprint density at radius 2 is 2.12 bits per heavy atom. The van der Waals surface area contributed by atoms with Crippen molar-refractivity contribution in [2.75, 3.05) is 33.4 Å². The van der Waals surface area contributed by atoms with Crippen LogP contribution in [0.25, 0.3) is 0 Å². The average molecular weight is 234 g/mol. The molecule has 1 unspecified atom stereocenters. The maximum absolute atomic E-state index is 11.1. The lowest BCUT2D eigenvalue weighted by Gasteiger charge is -2.09. The van der Waals surface area contributed by atoms with Gasteiger partial charge in [0.1, 0.15) is 0 Å². The van der Waals surface area contributed by atoms with Crippen LogP contribution >= 0.6 is 0 Å². The number of carbonyl (C=O) groups excluding carboxylic acids is 1. The van der Waals surface area contributed by atoms with E-state index in [0.29, 0.717) is 13.2 Å². The van der Waals surface area contributed by atoms with Crippen LogP contribution in [0.5, 0.6) is 0 Å². The molecule has 0 aromatic heterocycles. The van der Waals surface area contributed by atoms with Crippen molar-refractivity contribution in [1.82, 2.24) is 10.6 Å². The molecule has 4 N–H and O–H groups in total. The lowest BCUT2D eigenvalue weighted by atomic mass is 10.2. The Morgan fingerprint density at radius 1 is 1.44 bits per heavy atom. The molecule has 7 heteroatoms. The Morgan fingerprint density at radius 3 is 2.69 bits per heavy atom. The van der Waals surface area contributed by atoms with E-state index in [1.54, 1.807) is 0 Å². The molecule has 0 rings (SSSR count). The molecular weight excluding hydrogens is 216 g/mol. The molecular formula is C9H18N2O5. The molecule has 0 aliphatic heterocycles. The third-order valence-electron chi connectivity index (χ3n) is 1.70. The molecule has 0 radical (unpaired) electrons. The zero-order valence-corrected chi connectivity index (χ0v) is 9.23. The second-order valence-electron chi connectivity index (χ2n) is 3.23. The first-order chi connectivity index (χ1) is 7.56. The largest absolute Gasteiger partial charge is 0.481 e. The molecule has 94 valence electrons. The van der Waals surface area contributed by atoms with Crippen LogP contribution in [0.15, 0.2) is 0 Å². The number of aliphatic hydroxyl groups is 1. The quantitative estimate of drug-likeness (QED) is 0.350. The van der Waals surface area contributed by atoms with Crippen LogP contribution in [0.2, 0.25) is 0 Å². The van der Waals surface area contributed by atoms with E-state index >= 15 is 0 Å². The zero-order chi connectivity index (χ0) is 12.4. The smallest absolute Gasteiger partial charge is 0.306 e. The minimum atomic E-state index is -1.07. The minimum Gasteiger partial charge on any atom is -0.481 e. The number of aliphatic carboxylic acids is 1. The van der Waals surface area contributed by atoms with Crippen LogP contribution in [-0.4, -0.2) is 61.5 Å². The molecule has 7 nitrogen and oxygen atoms in total. The average Bonchev–Trinajstić information content (AvgIpc) is 2.17. The maximum Gasteiger partial charge on any atom is 0.306 e. The van der Waals surface area contributed by atoms with Crippen LogP contribution in [0, 0.1) is 0 Å². The van der Waals surface area contributed by atoms with Crippen LogP contribution in [-0.2, 0) is 14.3 Å². The van der Waals surface area contributed by atoms with Crippen molar-refractivity contribution in [2.45, 2.75) is 12.5 Å². The molecule has 16 heavy (non-hydrogen) atoms. The van der Waals surface area contributed by atoms with Gasteiger partial charge in [-0.15, -0.1) is 0 Å². The molecule has 1 atom stereocenters. The van der Waals surface area contributed by atoms with E-state index in [4.69, 9.17) is 14.9 Å². The first-order valence-corrected chi connectivity index (χ1v) is 4.92. The van der Waals surface area contributed by atoms with Crippen LogP contribution in [0.3, 0.4) is 0 Å². The van der Waals surface area contributed by atoms with Gasteiger partial charge in [0.15, 0.2) is 0 Å². The normalized spacial score (nSPS) is 12.1. The summed E-state index contributed by atoms with van der Waals surface area (Å²) in [6, 6.07) is 0. The monoisotopic (exact) mass is 234 g/mol. The predicted octanol–water partition coefficient (Wildman–Crippen LogP) is -1.83. The van der Waals surface area contributed by atoms with Gasteiger partial charge < -0.3 is 25.6 Å². The Balaban J connectivity index is 3.42. The van der Waals surface area contributed by atoms with E-state index in [2.05, 4.69) is 10.6 Å². The number of carbonyl (C=O) groups is 2. The molecule has 1 amide bonds. The first-order valence-electron chi connectivity index (χ1n) is 4.92. The summed E-state index contributed by atoms with van der Waals surface area (Å²) >= 11 is 0. The Hall–Kier alpha value is -1.18. The molecule has 0 spiro atoms. The molecule has 0 saturated heterocycles. The lowest BCUT2D eigenvalue weighted by Crippen LogP contribution is -2.38. The summed E-state index contributed by atoms with van der Waals surface area (Å²) in [6.07, 6.45) is -1.32. The molecule has 0 saturated carbocycles. The highest BCUT2D eigenvalue weighted by molar-refractivity contribution is 5.77. The summed E-state index contributed by atoms with van der Waals surface area (Å²) < 4.78 is 4.74. The number of rotatable bonds is 9. The summed E-state index contributed by atoms with van der Waals surface area (Å²) in [6.45, 7) is 0.979. The van der Waals surface area contributed by atoms with Crippen LogP contribution in [0.4, 0.5) is 0 Å². The lowest BCUT2D eigenvalue weighted by molar-refractivity contribution is -0.139. The molecule has 0 heterocycles. The molecule has 0 aliphatic carbocycles. The highest BCUT2D eigenvalue weighted by atomic mass is 16.5. The van der Waals surface area contributed by atoms with Gasteiger partial charge in [0.2, 0.25) is 5.91 Å². The van der Waals surface area contributed by atoms with Gasteiger partial charge in [-0.2, -0.15) is 0 Å². The fourth-order valence-electron chi connectivity index (χ4n) is 0.981. The van der Waals surface area contributed by atoms with E-state index in [9.17, 15) is 9.59 Å². The number of aliphatic hydroxyl groups excluding tert-OH is 1. The number of nitrogens with one attached hydrogen (secondary N) is 2. The van der Waals surface area contributed by atoms with Crippen LogP contribution in [0.1, 0.15) is 6.42 Å². The van der Waals surface area contributed by atoms with Crippen molar-refractivity contribution < 1.29 is 24.5 Å².